The average molecular weight is 231 g/mol. The summed E-state index contributed by atoms with van der Waals surface area (Å²) in [5.74, 6) is 0.631. The minimum absolute atomic E-state index is 0.520. The molecule has 0 fully saturated rings. The van der Waals surface area contributed by atoms with Crippen LogP contribution in [0.15, 0.2) is 53.1 Å². The molecule has 1 aromatic heterocycles. The highest BCUT2D eigenvalue weighted by Gasteiger charge is 2.08. The highest BCUT2D eigenvalue weighted by atomic mass is 16.4. The van der Waals surface area contributed by atoms with Gasteiger partial charge in [0.1, 0.15) is 11.9 Å². The molecule has 0 radical (unpaired) electrons. The van der Waals surface area contributed by atoms with E-state index in [1.165, 1.54) is 5.56 Å². The second kappa shape index (κ2) is 6.23. The van der Waals surface area contributed by atoms with Gasteiger partial charge in [0.05, 0.1) is 6.26 Å². The van der Waals surface area contributed by atoms with Crippen LogP contribution in [0.1, 0.15) is 23.8 Å². The minimum Gasteiger partial charge on any atom is -0.467 e. The second-order valence-corrected chi connectivity index (χ2v) is 3.98. The Kier molecular flexibility index (Phi) is 4.36. The van der Waals surface area contributed by atoms with Crippen LogP contribution in [0.25, 0.3) is 0 Å². The molecule has 2 rings (SSSR count). The van der Waals surface area contributed by atoms with E-state index >= 15 is 0 Å². The highest BCUT2D eigenvalue weighted by molar-refractivity contribution is 5.14. The van der Waals surface area contributed by atoms with Gasteiger partial charge in [-0.15, -0.1) is 0 Å². The van der Waals surface area contributed by atoms with Crippen molar-refractivity contribution in [2.45, 2.75) is 19.1 Å². The summed E-state index contributed by atoms with van der Waals surface area (Å²) < 4.78 is 5.13. The topological polar surface area (TPSA) is 45.4 Å². The maximum absolute atomic E-state index is 9.77. The quantitative estimate of drug-likeness (QED) is 0.751. The van der Waals surface area contributed by atoms with E-state index in [0.717, 1.165) is 13.1 Å². The zero-order valence-electron chi connectivity index (χ0n) is 9.67. The van der Waals surface area contributed by atoms with E-state index in [-0.39, 0.29) is 0 Å². The van der Waals surface area contributed by atoms with E-state index in [0.29, 0.717) is 12.2 Å². The number of hydrogen-bond acceptors (Lipinski definition) is 3. The molecule has 0 saturated carbocycles. The monoisotopic (exact) mass is 231 g/mol. The average Bonchev–Trinajstić information content (AvgIpc) is 2.89. The zero-order valence-corrected chi connectivity index (χ0v) is 9.67. The van der Waals surface area contributed by atoms with Gasteiger partial charge in [-0.3, -0.25) is 0 Å². The van der Waals surface area contributed by atoms with Crippen LogP contribution in [0.3, 0.4) is 0 Å². The number of hydrogen-bond donors (Lipinski definition) is 2. The molecule has 90 valence electrons. The lowest BCUT2D eigenvalue weighted by molar-refractivity contribution is 0.140. The molecule has 0 aliphatic heterocycles. The predicted molar refractivity (Wildman–Crippen MR) is 66.4 cm³/mol. The van der Waals surface area contributed by atoms with Gasteiger partial charge in [-0.05, 0) is 30.7 Å². The summed E-state index contributed by atoms with van der Waals surface area (Å²) in [5, 5.41) is 13.1. The number of aliphatic hydroxyl groups excluding tert-OH is 1. The Morgan fingerprint density at radius 2 is 1.94 bits per heavy atom. The van der Waals surface area contributed by atoms with E-state index < -0.39 is 6.10 Å². The maximum atomic E-state index is 9.77. The van der Waals surface area contributed by atoms with Crippen molar-refractivity contribution < 1.29 is 9.52 Å². The molecule has 0 aliphatic carbocycles. The third-order valence-corrected chi connectivity index (χ3v) is 2.64. The molecule has 3 heteroatoms. The first kappa shape index (κ1) is 11.9. The third kappa shape index (κ3) is 3.73. The Labute approximate surface area is 101 Å². The van der Waals surface area contributed by atoms with Gasteiger partial charge in [0.2, 0.25) is 0 Å². The lowest BCUT2D eigenvalue weighted by atomic mass is 10.2. The van der Waals surface area contributed by atoms with Gasteiger partial charge in [-0.2, -0.15) is 0 Å². The summed E-state index contributed by atoms with van der Waals surface area (Å²) in [7, 11) is 0. The van der Waals surface area contributed by atoms with Crippen molar-refractivity contribution in [3.63, 3.8) is 0 Å². The summed E-state index contributed by atoms with van der Waals surface area (Å²) in [6.45, 7) is 1.59. The smallest absolute Gasteiger partial charge is 0.132 e. The third-order valence-electron chi connectivity index (χ3n) is 2.64. The molecular formula is C14H17NO2. The number of furan rings is 1. The number of nitrogens with one attached hydrogen (secondary N) is 1. The summed E-state index contributed by atoms with van der Waals surface area (Å²) >= 11 is 0. The van der Waals surface area contributed by atoms with Crippen LogP contribution >= 0.6 is 0 Å². The Bertz CT molecular complexity index is 411. The largest absolute Gasteiger partial charge is 0.467 e. The van der Waals surface area contributed by atoms with Crippen molar-refractivity contribution in [2.24, 2.45) is 0 Å². The van der Waals surface area contributed by atoms with Crippen molar-refractivity contribution in [2.75, 3.05) is 6.54 Å². The molecule has 1 heterocycles. The van der Waals surface area contributed by atoms with Crippen LogP contribution in [0.4, 0.5) is 0 Å². The van der Waals surface area contributed by atoms with Crippen LogP contribution in [-0.4, -0.2) is 11.7 Å². The molecule has 17 heavy (non-hydrogen) atoms. The summed E-state index contributed by atoms with van der Waals surface area (Å²) in [6.07, 6.45) is 1.71. The first-order valence-electron chi connectivity index (χ1n) is 5.82. The molecule has 2 N–H and O–H groups in total. The van der Waals surface area contributed by atoms with E-state index in [1.54, 1.807) is 18.4 Å². The number of rotatable bonds is 6. The van der Waals surface area contributed by atoms with E-state index in [4.69, 9.17) is 4.42 Å². The molecule has 0 bridgehead atoms. The molecule has 3 nitrogen and oxygen atoms in total. The Morgan fingerprint density at radius 1 is 1.12 bits per heavy atom. The standard InChI is InChI=1S/C14H17NO2/c16-13(14-7-4-10-17-14)8-9-15-11-12-5-2-1-3-6-12/h1-7,10,13,15-16H,8-9,11H2/t13-/m1/s1. The molecule has 2 aromatic rings. The van der Waals surface area contributed by atoms with E-state index in [9.17, 15) is 5.11 Å². The molecule has 0 amide bonds. The first-order chi connectivity index (χ1) is 8.36. The van der Waals surface area contributed by atoms with Gasteiger partial charge in [-0.1, -0.05) is 30.3 Å². The van der Waals surface area contributed by atoms with Crippen molar-refractivity contribution in [1.29, 1.82) is 0 Å². The molecule has 0 spiro atoms. The van der Waals surface area contributed by atoms with Gasteiger partial charge < -0.3 is 14.8 Å². The van der Waals surface area contributed by atoms with Crippen LogP contribution in [0.2, 0.25) is 0 Å². The molecule has 1 atom stereocenters. The van der Waals surface area contributed by atoms with Crippen LogP contribution in [-0.2, 0) is 6.54 Å². The molecule has 0 saturated heterocycles. The molecule has 0 unspecified atom stereocenters. The molecule has 0 aliphatic rings. The van der Waals surface area contributed by atoms with Gasteiger partial charge >= 0.3 is 0 Å². The highest BCUT2D eigenvalue weighted by Crippen LogP contribution is 2.15. The normalized spacial score (nSPS) is 12.5. The van der Waals surface area contributed by atoms with Gasteiger partial charge in [-0.25, -0.2) is 0 Å². The fraction of sp³-hybridized carbons (Fsp3) is 0.286. The fourth-order valence-electron chi connectivity index (χ4n) is 1.69. The van der Waals surface area contributed by atoms with Crippen molar-refractivity contribution in [1.82, 2.24) is 5.32 Å². The Balaban J connectivity index is 1.67. The molecular weight excluding hydrogens is 214 g/mol. The Morgan fingerprint density at radius 3 is 2.65 bits per heavy atom. The molecule has 1 aromatic carbocycles. The summed E-state index contributed by atoms with van der Waals surface area (Å²) in [5.41, 5.74) is 1.25. The number of aliphatic hydroxyl groups is 1. The minimum atomic E-state index is -0.520. The van der Waals surface area contributed by atoms with Gasteiger partial charge in [0, 0.05) is 6.54 Å². The Hall–Kier alpha value is -1.58. The zero-order chi connectivity index (χ0) is 11.9. The van der Waals surface area contributed by atoms with E-state index in [2.05, 4.69) is 17.4 Å². The van der Waals surface area contributed by atoms with Crippen molar-refractivity contribution in [3.05, 3.63) is 60.1 Å². The lowest BCUT2D eigenvalue weighted by Crippen LogP contribution is -2.17. The van der Waals surface area contributed by atoms with Crippen molar-refractivity contribution >= 4 is 0 Å². The predicted octanol–water partition coefficient (Wildman–Crippen LogP) is 2.49. The van der Waals surface area contributed by atoms with Crippen LogP contribution in [0, 0.1) is 0 Å². The maximum Gasteiger partial charge on any atom is 0.132 e. The second-order valence-electron chi connectivity index (χ2n) is 3.98. The van der Waals surface area contributed by atoms with Crippen molar-refractivity contribution in [3.8, 4) is 0 Å². The first-order valence-corrected chi connectivity index (χ1v) is 5.82. The number of benzene rings is 1. The SMILES string of the molecule is O[C@H](CCNCc1ccccc1)c1ccco1. The van der Waals surface area contributed by atoms with E-state index in [1.807, 2.05) is 18.2 Å². The summed E-state index contributed by atoms with van der Waals surface area (Å²) in [4.78, 5) is 0. The lowest BCUT2D eigenvalue weighted by Gasteiger charge is -2.08. The summed E-state index contributed by atoms with van der Waals surface area (Å²) in [6, 6.07) is 13.8. The fourth-order valence-corrected chi connectivity index (χ4v) is 1.69. The van der Waals surface area contributed by atoms with Gasteiger partial charge in [0.15, 0.2) is 0 Å². The van der Waals surface area contributed by atoms with Crippen LogP contribution < -0.4 is 5.32 Å². The van der Waals surface area contributed by atoms with Crippen LogP contribution in [0.5, 0.6) is 0 Å². The van der Waals surface area contributed by atoms with Gasteiger partial charge in [0.25, 0.3) is 0 Å².